The van der Waals surface area contributed by atoms with Gasteiger partial charge in [0.15, 0.2) is 0 Å². The van der Waals surface area contributed by atoms with Gasteiger partial charge in [-0.25, -0.2) is 8.42 Å². The fourth-order valence-electron chi connectivity index (χ4n) is 3.69. The molecule has 0 radical (unpaired) electrons. The highest BCUT2D eigenvalue weighted by molar-refractivity contribution is 7.89. The molecule has 2 aromatic carbocycles. The molecule has 0 N–H and O–H groups in total. The minimum Gasteiger partial charge on any atom is -0.497 e. The van der Waals surface area contributed by atoms with Gasteiger partial charge in [-0.3, -0.25) is 4.79 Å². The van der Waals surface area contributed by atoms with Crippen LogP contribution in [0.5, 0.6) is 5.75 Å². The van der Waals surface area contributed by atoms with Crippen molar-refractivity contribution in [1.82, 2.24) is 9.21 Å². The molecule has 1 aliphatic heterocycles. The third-order valence-electron chi connectivity index (χ3n) is 5.48. The zero-order chi connectivity index (χ0) is 21.0. The van der Waals surface area contributed by atoms with Gasteiger partial charge in [0, 0.05) is 26.7 Å². The monoisotopic (exact) mass is 416 g/mol. The molecule has 1 aliphatic rings. The molecular formula is C22H28N2O4S. The summed E-state index contributed by atoms with van der Waals surface area (Å²) >= 11 is 0. The van der Waals surface area contributed by atoms with Crippen LogP contribution in [0, 0.1) is 12.8 Å². The number of carbonyl (C=O) groups excluding carboxylic acids is 1. The first-order chi connectivity index (χ1) is 13.8. The summed E-state index contributed by atoms with van der Waals surface area (Å²) in [4.78, 5) is 14.9. The number of nitrogens with zero attached hydrogens (tertiary/aromatic N) is 2. The van der Waals surface area contributed by atoms with Gasteiger partial charge in [-0.1, -0.05) is 24.3 Å². The molecule has 1 saturated heterocycles. The molecule has 0 saturated carbocycles. The second-order valence-electron chi connectivity index (χ2n) is 7.50. The van der Waals surface area contributed by atoms with Crippen LogP contribution in [0.2, 0.25) is 0 Å². The van der Waals surface area contributed by atoms with E-state index in [0.717, 1.165) is 11.1 Å². The highest BCUT2D eigenvalue weighted by Crippen LogP contribution is 2.26. The molecule has 1 heterocycles. The SMILES string of the molecule is COc1ccc(S(=O)(=O)N2CCC[C@@H](C(=O)N(C)Cc3ccccc3C)C2)cc1. The van der Waals surface area contributed by atoms with Crippen molar-refractivity contribution in [3.05, 3.63) is 59.7 Å². The molecule has 7 heteroatoms. The fourth-order valence-corrected chi connectivity index (χ4v) is 5.22. The van der Waals surface area contributed by atoms with Gasteiger partial charge in [-0.2, -0.15) is 4.31 Å². The number of carbonyl (C=O) groups is 1. The number of hydrogen-bond acceptors (Lipinski definition) is 4. The average Bonchev–Trinajstić information content (AvgIpc) is 2.75. The minimum absolute atomic E-state index is 0.0112. The molecule has 1 amide bonds. The molecule has 2 aromatic rings. The largest absolute Gasteiger partial charge is 0.497 e. The lowest BCUT2D eigenvalue weighted by atomic mass is 9.98. The van der Waals surface area contributed by atoms with Gasteiger partial charge in [0.2, 0.25) is 15.9 Å². The standard InChI is InChI=1S/C22H28N2O4S/c1-17-7-4-5-8-18(17)15-23(2)22(25)19-9-6-14-24(16-19)29(26,27)21-12-10-20(28-3)11-13-21/h4-5,7-8,10-13,19H,6,9,14-16H2,1-3H3/t19-/m1/s1. The summed E-state index contributed by atoms with van der Waals surface area (Å²) in [6.07, 6.45) is 1.37. The van der Waals surface area contributed by atoms with Crippen molar-refractivity contribution < 1.29 is 17.9 Å². The Morgan fingerprint density at radius 3 is 2.52 bits per heavy atom. The Hall–Kier alpha value is -2.38. The van der Waals surface area contributed by atoms with Crippen LogP contribution in [0.1, 0.15) is 24.0 Å². The summed E-state index contributed by atoms with van der Waals surface area (Å²) in [5.41, 5.74) is 2.24. The van der Waals surface area contributed by atoms with E-state index >= 15 is 0 Å². The molecule has 0 unspecified atom stereocenters. The number of sulfonamides is 1. The maximum Gasteiger partial charge on any atom is 0.243 e. The number of amides is 1. The van der Waals surface area contributed by atoms with Crippen LogP contribution < -0.4 is 4.74 Å². The summed E-state index contributed by atoms with van der Waals surface area (Å²) in [5, 5.41) is 0. The molecule has 1 fully saturated rings. The van der Waals surface area contributed by atoms with E-state index in [-0.39, 0.29) is 23.3 Å². The lowest BCUT2D eigenvalue weighted by molar-refractivity contribution is -0.135. The predicted octanol–water partition coefficient (Wildman–Crippen LogP) is 3.06. The van der Waals surface area contributed by atoms with Crippen LogP contribution in [-0.2, 0) is 21.4 Å². The number of benzene rings is 2. The van der Waals surface area contributed by atoms with E-state index in [9.17, 15) is 13.2 Å². The Bertz CT molecular complexity index is 957. The highest BCUT2D eigenvalue weighted by atomic mass is 32.2. The molecule has 0 spiro atoms. The van der Waals surface area contributed by atoms with E-state index < -0.39 is 10.0 Å². The number of aryl methyl sites for hydroxylation is 1. The molecule has 0 aliphatic carbocycles. The Labute approximate surface area is 173 Å². The molecule has 6 nitrogen and oxygen atoms in total. The molecular weight excluding hydrogens is 388 g/mol. The lowest BCUT2D eigenvalue weighted by Crippen LogP contribution is -2.45. The first kappa shape index (κ1) is 21.3. The van der Waals surface area contributed by atoms with Gasteiger partial charge in [0.25, 0.3) is 0 Å². The van der Waals surface area contributed by atoms with Crippen molar-refractivity contribution in [2.75, 3.05) is 27.2 Å². The normalized spacial score (nSPS) is 17.7. The van der Waals surface area contributed by atoms with Gasteiger partial charge in [-0.05, 0) is 55.2 Å². The first-order valence-corrected chi connectivity index (χ1v) is 11.2. The lowest BCUT2D eigenvalue weighted by Gasteiger charge is -2.33. The van der Waals surface area contributed by atoms with Crippen LogP contribution in [-0.4, -0.2) is 50.8 Å². The van der Waals surface area contributed by atoms with Gasteiger partial charge in [0.05, 0.1) is 17.9 Å². The van der Waals surface area contributed by atoms with E-state index in [0.29, 0.717) is 31.7 Å². The molecule has 0 bridgehead atoms. The fraction of sp³-hybridized carbons (Fsp3) is 0.409. The number of methoxy groups -OCH3 is 1. The molecule has 156 valence electrons. The highest BCUT2D eigenvalue weighted by Gasteiger charge is 2.34. The summed E-state index contributed by atoms with van der Waals surface area (Å²) in [6.45, 7) is 3.19. The van der Waals surface area contributed by atoms with E-state index in [4.69, 9.17) is 4.74 Å². The average molecular weight is 417 g/mol. The third-order valence-corrected chi connectivity index (χ3v) is 7.35. The Balaban J connectivity index is 1.70. The second-order valence-corrected chi connectivity index (χ2v) is 9.44. The van der Waals surface area contributed by atoms with E-state index in [1.807, 2.05) is 31.2 Å². The molecule has 0 aromatic heterocycles. The smallest absolute Gasteiger partial charge is 0.243 e. The van der Waals surface area contributed by atoms with Gasteiger partial charge in [0.1, 0.15) is 5.75 Å². The Morgan fingerprint density at radius 2 is 1.86 bits per heavy atom. The van der Waals surface area contributed by atoms with Gasteiger partial charge < -0.3 is 9.64 Å². The quantitative estimate of drug-likeness (QED) is 0.726. The first-order valence-electron chi connectivity index (χ1n) is 9.76. The third kappa shape index (κ3) is 4.79. The Kier molecular flexibility index (Phi) is 6.59. The minimum atomic E-state index is -3.64. The summed E-state index contributed by atoms with van der Waals surface area (Å²) in [6, 6.07) is 14.3. The van der Waals surface area contributed by atoms with Crippen LogP contribution in [0.3, 0.4) is 0 Å². The predicted molar refractivity (Wildman–Crippen MR) is 112 cm³/mol. The summed E-state index contributed by atoms with van der Waals surface area (Å²) in [7, 11) is -0.315. The van der Waals surface area contributed by atoms with Crippen molar-refractivity contribution in [2.24, 2.45) is 5.92 Å². The van der Waals surface area contributed by atoms with Crippen molar-refractivity contribution in [2.45, 2.75) is 31.2 Å². The number of ether oxygens (including phenoxy) is 1. The van der Waals surface area contributed by atoms with Crippen molar-refractivity contribution in [1.29, 1.82) is 0 Å². The summed E-state index contributed by atoms with van der Waals surface area (Å²) < 4.78 is 32.6. The van der Waals surface area contributed by atoms with Crippen LogP contribution in [0.25, 0.3) is 0 Å². The number of rotatable bonds is 6. The van der Waals surface area contributed by atoms with Gasteiger partial charge in [-0.15, -0.1) is 0 Å². The van der Waals surface area contributed by atoms with Crippen LogP contribution >= 0.6 is 0 Å². The maximum absolute atomic E-state index is 13.0. The van der Waals surface area contributed by atoms with E-state index in [1.54, 1.807) is 36.2 Å². The van der Waals surface area contributed by atoms with Crippen LogP contribution in [0.15, 0.2) is 53.4 Å². The molecule has 29 heavy (non-hydrogen) atoms. The zero-order valence-corrected chi connectivity index (χ0v) is 18.0. The number of piperidine rings is 1. The molecule has 1 atom stereocenters. The maximum atomic E-state index is 13.0. The Morgan fingerprint density at radius 1 is 1.17 bits per heavy atom. The zero-order valence-electron chi connectivity index (χ0n) is 17.2. The van der Waals surface area contributed by atoms with Crippen molar-refractivity contribution in [3.8, 4) is 5.75 Å². The van der Waals surface area contributed by atoms with Crippen molar-refractivity contribution in [3.63, 3.8) is 0 Å². The van der Waals surface area contributed by atoms with E-state index in [1.165, 1.54) is 11.4 Å². The van der Waals surface area contributed by atoms with Crippen LogP contribution in [0.4, 0.5) is 0 Å². The van der Waals surface area contributed by atoms with Gasteiger partial charge >= 0.3 is 0 Å². The molecule has 3 rings (SSSR count). The summed E-state index contributed by atoms with van der Waals surface area (Å²) in [5.74, 6) is 0.266. The topological polar surface area (TPSA) is 66.9 Å². The second kappa shape index (κ2) is 8.97. The number of hydrogen-bond donors (Lipinski definition) is 0. The van der Waals surface area contributed by atoms with E-state index in [2.05, 4.69) is 0 Å². The van der Waals surface area contributed by atoms with Crippen molar-refractivity contribution >= 4 is 15.9 Å².